The van der Waals surface area contributed by atoms with Crippen LogP contribution >= 0.6 is 0 Å². The van der Waals surface area contributed by atoms with Crippen molar-refractivity contribution < 1.29 is 4.39 Å². The number of hydrogen-bond donors (Lipinski definition) is 1. The maximum atomic E-state index is 12.9. The minimum Gasteiger partial charge on any atom is -0.378 e. The molecule has 0 heterocycles. The molecule has 20 heavy (non-hydrogen) atoms. The molecule has 1 N–H and O–H groups in total. The van der Waals surface area contributed by atoms with Crippen molar-refractivity contribution in [1.29, 1.82) is 10.5 Å². The Morgan fingerprint density at radius 2 is 1.55 bits per heavy atom. The molecule has 0 aliphatic carbocycles. The average molecular weight is 265 g/mol. The van der Waals surface area contributed by atoms with E-state index in [0.717, 1.165) is 5.56 Å². The van der Waals surface area contributed by atoms with Crippen LogP contribution in [-0.4, -0.2) is 0 Å². The van der Waals surface area contributed by atoms with E-state index in [0.29, 0.717) is 16.8 Å². The Balaban J connectivity index is 2.23. The zero-order valence-corrected chi connectivity index (χ0v) is 10.9. The lowest BCUT2D eigenvalue weighted by Crippen LogP contribution is -2.07. The van der Waals surface area contributed by atoms with E-state index in [2.05, 4.69) is 5.32 Å². The number of nitriles is 2. The van der Waals surface area contributed by atoms with Crippen LogP contribution in [0.5, 0.6) is 0 Å². The standard InChI is InChI=1S/C16H12FN3/c1-11(14-2-4-15(17)5-3-14)20-16-7-12(9-18)6-13(8-16)10-19/h2-8,11,20H,1H3. The average Bonchev–Trinajstić information content (AvgIpc) is 2.47. The molecule has 3 nitrogen and oxygen atoms in total. The molecule has 0 radical (unpaired) electrons. The van der Waals surface area contributed by atoms with Crippen molar-refractivity contribution >= 4 is 5.69 Å². The monoisotopic (exact) mass is 265 g/mol. The maximum Gasteiger partial charge on any atom is 0.123 e. The lowest BCUT2D eigenvalue weighted by molar-refractivity contribution is 0.626. The summed E-state index contributed by atoms with van der Waals surface area (Å²) in [6, 6.07) is 15.1. The third-order valence-corrected chi connectivity index (χ3v) is 2.94. The van der Waals surface area contributed by atoms with Gasteiger partial charge < -0.3 is 5.32 Å². The van der Waals surface area contributed by atoms with Gasteiger partial charge in [0.25, 0.3) is 0 Å². The molecular weight excluding hydrogens is 253 g/mol. The fraction of sp³-hybridized carbons (Fsp3) is 0.125. The van der Waals surface area contributed by atoms with Crippen molar-refractivity contribution in [2.45, 2.75) is 13.0 Å². The highest BCUT2D eigenvalue weighted by Crippen LogP contribution is 2.21. The summed E-state index contributed by atoms with van der Waals surface area (Å²) in [5.74, 6) is -0.279. The van der Waals surface area contributed by atoms with Gasteiger partial charge in [0.2, 0.25) is 0 Å². The fourth-order valence-electron chi connectivity index (χ4n) is 1.92. The maximum absolute atomic E-state index is 12.9. The number of halogens is 1. The molecule has 4 heteroatoms. The van der Waals surface area contributed by atoms with Crippen LogP contribution in [0, 0.1) is 28.5 Å². The first-order valence-corrected chi connectivity index (χ1v) is 6.09. The zero-order chi connectivity index (χ0) is 14.5. The van der Waals surface area contributed by atoms with Crippen LogP contribution in [0.2, 0.25) is 0 Å². The Morgan fingerprint density at radius 1 is 1.00 bits per heavy atom. The second-order valence-corrected chi connectivity index (χ2v) is 4.44. The molecule has 0 aliphatic rings. The highest BCUT2D eigenvalue weighted by molar-refractivity contribution is 5.56. The smallest absolute Gasteiger partial charge is 0.123 e. The molecule has 0 saturated carbocycles. The van der Waals surface area contributed by atoms with Gasteiger partial charge in [0.05, 0.1) is 23.3 Å². The van der Waals surface area contributed by atoms with Gasteiger partial charge in [-0.3, -0.25) is 0 Å². The Kier molecular flexibility index (Phi) is 3.98. The predicted octanol–water partition coefficient (Wildman–Crippen LogP) is 3.74. The van der Waals surface area contributed by atoms with Gasteiger partial charge in [-0.2, -0.15) is 10.5 Å². The fourth-order valence-corrected chi connectivity index (χ4v) is 1.92. The summed E-state index contributed by atoms with van der Waals surface area (Å²) in [7, 11) is 0. The lowest BCUT2D eigenvalue weighted by atomic mass is 10.1. The number of nitrogens with zero attached hydrogens (tertiary/aromatic N) is 2. The lowest BCUT2D eigenvalue weighted by Gasteiger charge is -2.16. The molecule has 0 bridgehead atoms. The van der Waals surface area contributed by atoms with Crippen LogP contribution in [0.1, 0.15) is 29.7 Å². The number of rotatable bonds is 3. The topological polar surface area (TPSA) is 59.6 Å². The van der Waals surface area contributed by atoms with Crippen molar-refractivity contribution in [3.63, 3.8) is 0 Å². The first-order chi connectivity index (χ1) is 9.62. The van der Waals surface area contributed by atoms with E-state index in [1.54, 1.807) is 24.3 Å². The van der Waals surface area contributed by atoms with Crippen LogP contribution in [0.15, 0.2) is 42.5 Å². The molecule has 1 atom stereocenters. The molecule has 1 unspecified atom stereocenters. The van der Waals surface area contributed by atoms with Crippen LogP contribution < -0.4 is 5.32 Å². The molecule has 0 fully saturated rings. The van der Waals surface area contributed by atoms with Gasteiger partial charge in [-0.1, -0.05) is 12.1 Å². The predicted molar refractivity (Wildman–Crippen MR) is 74.3 cm³/mol. The molecule has 2 rings (SSSR count). The highest BCUT2D eigenvalue weighted by Gasteiger charge is 2.07. The Labute approximate surface area is 116 Å². The quantitative estimate of drug-likeness (QED) is 0.919. The highest BCUT2D eigenvalue weighted by atomic mass is 19.1. The SMILES string of the molecule is CC(Nc1cc(C#N)cc(C#N)c1)c1ccc(F)cc1. The summed E-state index contributed by atoms with van der Waals surface area (Å²) in [6.07, 6.45) is 0. The number of nitrogens with one attached hydrogen (secondary N) is 1. The van der Waals surface area contributed by atoms with Gasteiger partial charge >= 0.3 is 0 Å². The second kappa shape index (κ2) is 5.86. The summed E-state index contributed by atoms with van der Waals surface area (Å²) >= 11 is 0. The summed E-state index contributed by atoms with van der Waals surface area (Å²) in [4.78, 5) is 0. The normalized spacial score (nSPS) is 11.2. The van der Waals surface area contributed by atoms with Crippen molar-refractivity contribution in [3.05, 3.63) is 65.0 Å². The summed E-state index contributed by atoms with van der Waals surface area (Å²) in [5.41, 5.74) is 2.47. The van der Waals surface area contributed by atoms with Gasteiger partial charge in [-0.15, -0.1) is 0 Å². The largest absolute Gasteiger partial charge is 0.378 e. The Morgan fingerprint density at radius 3 is 2.05 bits per heavy atom. The second-order valence-electron chi connectivity index (χ2n) is 4.44. The number of hydrogen-bond acceptors (Lipinski definition) is 3. The van der Waals surface area contributed by atoms with Gasteiger partial charge in [0.15, 0.2) is 0 Å². The molecule has 0 aliphatic heterocycles. The third kappa shape index (κ3) is 3.13. The van der Waals surface area contributed by atoms with E-state index in [1.165, 1.54) is 18.2 Å². The van der Waals surface area contributed by atoms with Crippen LogP contribution in [-0.2, 0) is 0 Å². The van der Waals surface area contributed by atoms with Crippen molar-refractivity contribution in [2.75, 3.05) is 5.32 Å². The van der Waals surface area contributed by atoms with Gasteiger partial charge in [-0.05, 0) is 42.8 Å². The minimum absolute atomic E-state index is 0.0592. The van der Waals surface area contributed by atoms with Gasteiger partial charge in [0.1, 0.15) is 5.82 Å². The molecule has 0 saturated heterocycles. The first kappa shape index (κ1) is 13.6. The molecule has 2 aromatic rings. The zero-order valence-electron chi connectivity index (χ0n) is 10.9. The molecule has 0 spiro atoms. The molecule has 98 valence electrons. The van der Waals surface area contributed by atoms with Gasteiger partial charge in [0, 0.05) is 11.7 Å². The first-order valence-electron chi connectivity index (χ1n) is 6.09. The molecule has 2 aromatic carbocycles. The molecular formula is C16H12FN3. The molecule has 0 amide bonds. The van der Waals surface area contributed by atoms with E-state index >= 15 is 0 Å². The number of anilines is 1. The van der Waals surface area contributed by atoms with Crippen molar-refractivity contribution in [2.24, 2.45) is 0 Å². The van der Waals surface area contributed by atoms with E-state index in [9.17, 15) is 4.39 Å². The summed E-state index contributed by atoms with van der Waals surface area (Å²) in [5, 5.41) is 21.1. The van der Waals surface area contributed by atoms with Gasteiger partial charge in [-0.25, -0.2) is 4.39 Å². The summed E-state index contributed by atoms with van der Waals surface area (Å²) in [6.45, 7) is 1.93. The van der Waals surface area contributed by atoms with Crippen molar-refractivity contribution in [3.8, 4) is 12.1 Å². The van der Waals surface area contributed by atoms with Crippen LogP contribution in [0.25, 0.3) is 0 Å². The van der Waals surface area contributed by atoms with E-state index < -0.39 is 0 Å². The van der Waals surface area contributed by atoms with Crippen LogP contribution in [0.4, 0.5) is 10.1 Å². The summed E-state index contributed by atoms with van der Waals surface area (Å²) < 4.78 is 12.9. The Bertz CT molecular complexity index is 661. The van der Waals surface area contributed by atoms with E-state index in [1.807, 2.05) is 19.1 Å². The van der Waals surface area contributed by atoms with Crippen molar-refractivity contribution in [1.82, 2.24) is 0 Å². The third-order valence-electron chi connectivity index (χ3n) is 2.94. The van der Waals surface area contributed by atoms with E-state index in [-0.39, 0.29) is 11.9 Å². The van der Waals surface area contributed by atoms with E-state index in [4.69, 9.17) is 10.5 Å². The Hall–Kier alpha value is -2.85. The van der Waals surface area contributed by atoms with Crippen LogP contribution in [0.3, 0.4) is 0 Å². The molecule has 0 aromatic heterocycles. The minimum atomic E-state index is -0.279. The number of benzene rings is 2.